The zero-order chi connectivity index (χ0) is 10.1. The van der Waals surface area contributed by atoms with Crippen LogP contribution < -0.4 is 10.6 Å². The molecule has 3 heteroatoms. The number of nitrogen functional groups attached to an aromatic ring is 1. The highest BCUT2D eigenvalue weighted by Gasteiger charge is 2.30. The molecule has 1 aliphatic rings. The lowest BCUT2D eigenvalue weighted by Crippen LogP contribution is -2.31. The van der Waals surface area contributed by atoms with Gasteiger partial charge in [0.05, 0.1) is 0 Å². The Balaban J connectivity index is 2.13. The van der Waals surface area contributed by atoms with E-state index in [1.165, 1.54) is 12.8 Å². The minimum atomic E-state index is 0.573. The fourth-order valence-electron chi connectivity index (χ4n) is 1.74. The Labute approximate surface area is 84.9 Å². The molecule has 1 unspecified atom stereocenters. The van der Waals surface area contributed by atoms with E-state index in [-0.39, 0.29) is 0 Å². The van der Waals surface area contributed by atoms with E-state index >= 15 is 0 Å². The van der Waals surface area contributed by atoms with Crippen LogP contribution in [-0.4, -0.2) is 18.1 Å². The van der Waals surface area contributed by atoms with Crippen LogP contribution in [0.2, 0.25) is 0 Å². The molecular formula is C11H17N3. The minimum Gasteiger partial charge on any atom is -0.384 e. The Morgan fingerprint density at radius 1 is 1.50 bits per heavy atom. The molecule has 1 heterocycles. The van der Waals surface area contributed by atoms with Crippen molar-refractivity contribution >= 4 is 11.6 Å². The Morgan fingerprint density at radius 3 is 2.79 bits per heavy atom. The first-order valence-corrected chi connectivity index (χ1v) is 5.14. The number of aromatic nitrogens is 1. The van der Waals surface area contributed by atoms with Crippen molar-refractivity contribution in [2.75, 3.05) is 17.7 Å². The van der Waals surface area contributed by atoms with E-state index in [0.29, 0.717) is 11.9 Å². The average molecular weight is 191 g/mol. The fraction of sp³-hybridized carbons (Fsp3) is 0.545. The van der Waals surface area contributed by atoms with Crippen LogP contribution in [0.5, 0.6) is 0 Å². The second kappa shape index (κ2) is 3.48. The van der Waals surface area contributed by atoms with Crippen LogP contribution in [0.3, 0.4) is 0 Å². The predicted octanol–water partition coefficient (Wildman–Crippen LogP) is 1.90. The minimum absolute atomic E-state index is 0.573. The molecule has 0 saturated heterocycles. The van der Waals surface area contributed by atoms with Crippen LogP contribution in [-0.2, 0) is 0 Å². The van der Waals surface area contributed by atoms with Gasteiger partial charge in [-0.1, -0.05) is 6.07 Å². The van der Waals surface area contributed by atoms with E-state index in [0.717, 1.165) is 11.7 Å². The quantitative estimate of drug-likeness (QED) is 0.793. The van der Waals surface area contributed by atoms with E-state index in [9.17, 15) is 0 Å². The number of anilines is 2. The standard InChI is InChI=1S/C11H17N3/c1-8(9-6-7-9)14(2)11-5-3-4-10(12)13-11/h3-5,8-9H,6-7H2,1-2H3,(H2,12,13). The van der Waals surface area contributed by atoms with Gasteiger partial charge in [-0.2, -0.15) is 0 Å². The maximum atomic E-state index is 5.65. The molecule has 1 aromatic heterocycles. The molecule has 1 aromatic rings. The third kappa shape index (κ3) is 1.81. The predicted molar refractivity (Wildman–Crippen MR) is 59.2 cm³/mol. The average Bonchev–Trinajstić information content (AvgIpc) is 2.99. The van der Waals surface area contributed by atoms with Crippen molar-refractivity contribution in [2.45, 2.75) is 25.8 Å². The van der Waals surface area contributed by atoms with Gasteiger partial charge >= 0.3 is 0 Å². The topological polar surface area (TPSA) is 42.1 Å². The van der Waals surface area contributed by atoms with Crippen molar-refractivity contribution < 1.29 is 0 Å². The Hall–Kier alpha value is -1.25. The van der Waals surface area contributed by atoms with Crippen LogP contribution in [0.25, 0.3) is 0 Å². The Bertz CT molecular complexity index is 320. The molecule has 0 bridgehead atoms. The van der Waals surface area contributed by atoms with Gasteiger partial charge in [-0.05, 0) is 37.8 Å². The third-order valence-electron chi connectivity index (χ3n) is 3.03. The van der Waals surface area contributed by atoms with Gasteiger partial charge in [-0.15, -0.1) is 0 Å². The maximum Gasteiger partial charge on any atom is 0.130 e. The van der Waals surface area contributed by atoms with E-state index < -0.39 is 0 Å². The van der Waals surface area contributed by atoms with E-state index in [1.54, 1.807) is 0 Å². The molecule has 0 aromatic carbocycles. The summed E-state index contributed by atoms with van der Waals surface area (Å²) in [5, 5.41) is 0. The molecular weight excluding hydrogens is 174 g/mol. The van der Waals surface area contributed by atoms with Crippen molar-refractivity contribution in [3.8, 4) is 0 Å². The van der Waals surface area contributed by atoms with Gasteiger partial charge in [-0.25, -0.2) is 4.98 Å². The van der Waals surface area contributed by atoms with Crippen LogP contribution in [0.15, 0.2) is 18.2 Å². The van der Waals surface area contributed by atoms with E-state index in [4.69, 9.17) is 5.73 Å². The Morgan fingerprint density at radius 2 is 2.21 bits per heavy atom. The van der Waals surface area contributed by atoms with Gasteiger partial charge in [-0.3, -0.25) is 0 Å². The van der Waals surface area contributed by atoms with Crippen molar-refractivity contribution in [3.05, 3.63) is 18.2 Å². The first kappa shape index (κ1) is 9.31. The summed E-state index contributed by atoms with van der Waals surface area (Å²) in [7, 11) is 2.09. The van der Waals surface area contributed by atoms with Gasteiger partial charge in [0.25, 0.3) is 0 Å². The summed E-state index contributed by atoms with van der Waals surface area (Å²) < 4.78 is 0. The molecule has 0 spiro atoms. The van der Waals surface area contributed by atoms with Crippen LogP contribution >= 0.6 is 0 Å². The molecule has 0 aliphatic heterocycles. The van der Waals surface area contributed by atoms with Crippen LogP contribution in [0, 0.1) is 5.92 Å². The lowest BCUT2D eigenvalue weighted by molar-refractivity contribution is 0.604. The van der Waals surface area contributed by atoms with Gasteiger partial charge in [0.15, 0.2) is 0 Å². The first-order chi connectivity index (χ1) is 6.68. The molecule has 14 heavy (non-hydrogen) atoms. The fourth-order valence-corrected chi connectivity index (χ4v) is 1.74. The van der Waals surface area contributed by atoms with Crippen LogP contribution in [0.4, 0.5) is 11.6 Å². The molecule has 3 nitrogen and oxygen atoms in total. The zero-order valence-electron chi connectivity index (χ0n) is 8.77. The highest BCUT2D eigenvalue weighted by Crippen LogP contribution is 2.35. The number of nitrogens with two attached hydrogens (primary N) is 1. The molecule has 1 atom stereocenters. The first-order valence-electron chi connectivity index (χ1n) is 5.14. The van der Waals surface area contributed by atoms with Gasteiger partial charge in [0, 0.05) is 13.1 Å². The SMILES string of the molecule is CC(C1CC1)N(C)c1cccc(N)n1. The van der Waals surface area contributed by atoms with E-state index in [1.807, 2.05) is 18.2 Å². The molecule has 2 N–H and O–H groups in total. The second-order valence-corrected chi connectivity index (χ2v) is 4.11. The lowest BCUT2D eigenvalue weighted by atomic mass is 10.2. The maximum absolute atomic E-state index is 5.65. The smallest absolute Gasteiger partial charge is 0.130 e. The van der Waals surface area contributed by atoms with Crippen molar-refractivity contribution in [3.63, 3.8) is 0 Å². The third-order valence-corrected chi connectivity index (χ3v) is 3.03. The lowest BCUT2D eigenvalue weighted by Gasteiger charge is -2.25. The molecule has 0 amide bonds. The summed E-state index contributed by atoms with van der Waals surface area (Å²) in [4.78, 5) is 6.52. The summed E-state index contributed by atoms with van der Waals surface area (Å²) in [6.45, 7) is 2.25. The molecule has 2 rings (SSSR count). The van der Waals surface area contributed by atoms with Crippen molar-refractivity contribution in [2.24, 2.45) is 5.92 Å². The summed E-state index contributed by atoms with van der Waals surface area (Å²) in [5.74, 6) is 2.42. The molecule has 0 radical (unpaired) electrons. The zero-order valence-corrected chi connectivity index (χ0v) is 8.77. The highest BCUT2D eigenvalue weighted by molar-refractivity contribution is 5.45. The number of rotatable bonds is 3. The van der Waals surface area contributed by atoms with Crippen molar-refractivity contribution in [1.29, 1.82) is 0 Å². The number of hydrogen-bond donors (Lipinski definition) is 1. The summed E-state index contributed by atoms with van der Waals surface area (Å²) in [6.07, 6.45) is 2.71. The van der Waals surface area contributed by atoms with Gasteiger partial charge < -0.3 is 10.6 Å². The molecule has 1 aliphatic carbocycles. The number of hydrogen-bond acceptors (Lipinski definition) is 3. The highest BCUT2D eigenvalue weighted by atomic mass is 15.2. The molecule has 1 saturated carbocycles. The summed E-state index contributed by atoms with van der Waals surface area (Å²) in [6, 6.07) is 6.35. The number of nitrogens with zero attached hydrogens (tertiary/aromatic N) is 2. The number of pyridine rings is 1. The second-order valence-electron chi connectivity index (χ2n) is 4.11. The van der Waals surface area contributed by atoms with Gasteiger partial charge in [0.2, 0.25) is 0 Å². The largest absolute Gasteiger partial charge is 0.384 e. The van der Waals surface area contributed by atoms with Crippen LogP contribution in [0.1, 0.15) is 19.8 Å². The monoisotopic (exact) mass is 191 g/mol. The van der Waals surface area contributed by atoms with E-state index in [2.05, 4.69) is 23.9 Å². The summed E-state index contributed by atoms with van der Waals surface area (Å²) in [5.41, 5.74) is 5.65. The van der Waals surface area contributed by atoms with Crippen molar-refractivity contribution in [1.82, 2.24) is 4.98 Å². The Kier molecular flexibility index (Phi) is 2.32. The molecule has 1 fully saturated rings. The summed E-state index contributed by atoms with van der Waals surface area (Å²) >= 11 is 0. The normalized spacial score (nSPS) is 17.9. The molecule has 76 valence electrons. The van der Waals surface area contributed by atoms with Gasteiger partial charge in [0.1, 0.15) is 11.6 Å².